The highest BCUT2D eigenvalue weighted by molar-refractivity contribution is 6.20. The molecule has 0 aliphatic carbocycles. The lowest BCUT2D eigenvalue weighted by atomic mass is 10.1. The van der Waals surface area contributed by atoms with Gasteiger partial charge in [-0.3, -0.25) is 4.68 Å². The average Bonchev–Trinajstić information content (AvgIpc) is 2.75. The minimum Gasteiger partial charge on any atom is -0.385 e. The number of aryl methyl sites for hydroxylation is 1. The summed E-state index contributed by atoms with van der Waals surface area (Å²) in [6.07, 6.45) is 1.64. The molecule has 0 fully saturated rings. The molecular formula is C14H19ClN2O. The third-order valence-electron chi connectivity index (χ3n) is 3.08. The van der Waals surface area contributed by atoms with Gasteiger partial charge in [-0.1, -0.05) is 18.2 Å². The number of hydrogen-bond donors (Lipinski definition) is 0. The van der Waals surface area contributed by atoms with Crippen molar-refractivity contribution < 1.29 is 4.74 Å². The third-order valence-corrected chi connectivity index (χ3v) is 3.46. The van der Waals surface area contributed by atoms with Gasteiger partial charge in [-0.25, -0.2) is 0 Å². The van der Waals surface area contributed by atoms with Crippen LogP contribution in [-0.2, 0) is 17.7 Å². The van der Waals surface area contributed by atoms with Crippen molar-refractivity contribution in [2.45, 2.75) is 31.7 Å². The maximum atomic E-state index is 6.32. The highest BCUT2D eigenvalue weighted by Gasteiger charge is 2.13. The monoisotopic (exact) mass is 266 g/mol. The number of rotatable bonds is 6. The standard InChI is InChI=1S/C14H19ClN2O/c1-3-17-14-7-5-4-6-12(14)13(16-17)10-11(15)8-9-18-2/h4-7,11H,3,8-10H2,1-2H3. The minimum atomic E-state index is 0.0774. The number of hydrogen-bond acceptors (Lipinski definition) is 2. The Balaban J connectivity index is 2.22. The normalized spacial score (nSPS) is 13.1. The van der Waals surface area contributed by atoms with Gasteiger partial charge in [0.2, 0.25) is 0 Å². The van der Waals surface area contributed by atoms with Crippen LogP contribution in [0.25, 0.3) is 10.9 Å². The average molecular weight is 267 g/mol. The number of halogens is 1. The molecule has 98 valence electrons. The van der Waals surface area contributed by atoms with Gasteiger partial charge in [0.25, 0.3) is 0 Å². The van der Waals surface area contributed by atoms with Gasteiger partial charge < -0.3 is 4.74 Å². The summed E-state index contributed by atoms with van der Waals surface area (Å²) in [5.41, 5.74) is 2.27. The van der Waals surface area contributed by atoms with E-state index in [1.54, 1.807) is 7.11 Å². The van der Waals surface area contributed by atoms with Crippen LogP contribution >= 0.6 is 11.6 Å². The molecule has 0 spiro atoms. The molecule has 0 aliphatic heterocycles. The van der Waals surface area contributed by atoms with Crippen LogP contribution in [-0.4, -0.2) is 28.9 Å². The quantitative estimate of drug-likeness (QED) is 0.751. The molecule has 0 N–H and O–H groups in total. The van der Waals surface area contributed by atoms with Crippen molar-refractivity contribution in [1.29, 1.82) is 0 Å². The summed E-state index contributed by atoms with van der Waals surface area (Å²) < 4.78 is 7.09. The first-order chi connectivity index (χ1) is 8.76. The van der Waals surface area contributed by atoms with Gasteiger partial charge >= 0.3 is 0 Å². The van der Waals surface area contributed by atoms with E-state index in [1.807, 2.05) is 16.8 Å². The third kappa shape index (κ3) is 2.85. The number of para-hydroxylation sites is 1. The number of nitrogens with zero attached hydrogens (tertiary/aromatic N) is 2. The summed E-state index contributed by atoms with van der Waals surface area (Å²) in [6, 6.07) is 8.31. The van der Waals surface area contributed by atoms with Gasteiger partial charge in [-0.15, -0.1) is 11.6 Å². The van der Waals surface area contributed by atoms with E-state index in [-0.39, 0.29) is 5.38 Å². The Morgan fingerprint density at radius 3 is 2.89 bits per heavy atom. The molecule has 0 aliphatic rings. The molecule has 1 aromatic carbocycles. The summed E-state index contributed by atoms with van der Waals surface area (Å²) in [7, 11) is 1.70. The van der Waals surface area contributed by atoms with Crippen LogP contribution in [0.2, 0.25) is 0 Å². The van der Waals surface area contributed by atoms with Crippen LogP contribution in [0.15, 0.2) is 24.3 Å². The maximum absolute atomic E-state index is 6.32. The molecule has 1 unspecified atom stereocenters. The SMILES string of the molecule is CCn1nc(CC(Cl)CCOC)c2ccccc21. The molecule has 0 amide bonds. The van der Waals surface area contributed by atoms with Crippen molar-refractivity contribution in [3.63, 3.8) is 0 Å². The van der Waals surface area contributed by atoms with Crippen LogP contribution in [0.5, 0.6) is 0 Å². The predicted molar refractivity (Wildman–Crippen MR) is 75.2 cm³/mol. The topological polar surface area (TPSA) is 27.1 Å². The minimum absolute atomic E-state index is 0.0774. The summed E-state index contributed by atoms with van der Waals surface area (Å²) in [4.78, 5) is 0. The zero-order chi connectivity index (χ0) is 13.0. The van der Waals surface area contributed by atoms with Crippen molar-refractivity contribution in [2.75, 3.05) is 13.7 Å². The molecule has 0 saturated heterocycles. The number of fused-ring (bicyclic) bond motifs is 1. The van der Waals surface area contributed by atoms with E-state index in [4.69, 9.17) is 16.3 Å². The Kier molecular flexibility index (Phi) is 4.61. The summed E-state index contributed by atoms with van der Waals surface area (Å²) in [5, 5.41) is 5.94. The number of methoxy groups -OCH3 is 1. The van der Waals surface area contributed by atoms with E-state index >= 15 is 0 Å². The van der Waals surface area contributed by atoms with Crippen LogP contribution < -0.4 is 0 Å². The van der Waals surface area contributed by atoms with Crippen LogP contribution in [0.4, 0.5) is 0 Å². The fourth-order valence-corrected chi connectivity index (χ4v) is 2.38. The molecule has 3 nitrogen and oxygen atoms in total. The zero-order valence-corrected chi connectivity index (χ0v) is 11.7. The first-order valence-corrected chi connectivity index (χ1v) is 6.77. The first-order valence-electron chi connectivity index (χ1n) is 6.33. The van der Waals surface area contributed by atoms with Crippen LogP contribution in [0.3, 0.4) is 0 Å². The fraction of sp³-hybridized carbons (Fsp3) is 0.500. The molecular weight excluding hydrogens is 248 g/mol. The van der Waals surface area contributed by atoms with E-state index in [1.165, 1.54) is 10.9 Å². The molecule has 0 bridgehead atoms. The second kappa shape index (κ2) is 6.21. The van der Waals surface area contributed by atoms with E-state index in [0.29, 0.717) is 6.61 Å². The lowest BCUT2D eigenvalue weighted by Crippen LogP contribution is -2.08. The molecule has 1 aromatic heterocycles. The van der Waals surface area contributed by atoms with Crippen molar-refractivity contribution >= 4 is 22.5 Å². The van der Waals surface area contributed by atoms with Crippen molar-refractivity contribution in [2.24, 2.45) is 0 Å². The lowest BCUT2D eigenvalue weighted by Gasteiger charge is -2.06. The molecule has 0 saturated carbocycles. The Labute approximate surface area is 113 Å². The second-order valence-corrected chi connectivity index (χ2v) is 4.98. The predicted octanol–water partition coefficient (Wildman–Crippen LogP) is 3.24. The lowest BCUT2D eigenvalue weighted by molar-refractivity contribution is 0.193. The highest BCUT2D eigenvalue weighted by atomic mass is 35.5. The summed E-state index contributed by atoms with van der Waals surface area (Å²) >= 11 is 6.32. The number of alkyl halides is 1. The van der Waals surface area contributed by atoms with Gasteiger partial charge in [0, 0.05) is 37.4 Å². The van der Waals surface area contributed by atoms with Gasteiger partial charge in [0.1, 0.15) is 0 Å². The Morgan fingerprint density at radius 2 is 2.17 bits per heavy atom. The van der Waals surface area contributed by atoms with E-state index in [9.17, 15) is 0 Å². The molecule has 4 heteroatoms. The summed E-state index contributed by atoms with van der Waals surface area (Å²) in [6.45, 7) is 3.68. The van der Waals surface area contributed by atoms with Crippen molar-refractivity contribution in [1.82, 2.24) is 9.78 Å². The van der Waals surface area contributed by atoms with Crippen molar-refractivity contribution in [3.8, 4) is 0 Å². The first kappa shape index (κ1) is 13.4. The zero-order valence-electron chi connectivity index (χ0n) is 10.9. The number of benzene rings is 1. The Hall–Kier alpha value is -1.06. The second-order valence-electron chi connectivity index (χ2n) is 4.36. The highest BCUT2D eigenvalue weighted by Crippen LogP contribution is 2.21. The number of ether oxygens (including phenoxy) is 1. The van der Waals surface area contributed by atoms with Gasteiger partial charge in [0.15, 0.2) is 0 Å². The summed E-state index contributed by atoms with van der Waals surface area (Å²) in [5.74, 6) is 0. The molecule has 2 rings (SSSR count). The fourth-order valence-electron chi connectivity index (χ4n) is 2.15. The van der Waals surface area contributed by atoms with E-state index in [2.05, 4.69) is 24.2 Å². The molecule has 2 aromatic rings. The van der Waals surface area contributed by atoms with E-state index < -0.39 is 0 Å². The van der Waals surface area contributed by atoms with Gasteiger partial charge in [-0.05, 0) is 19.4 Å². The Bertz CT molecular complexity index is 509. The number of aromatic nitrogens is 2. The van der Waals surface area contributed by atoms with Crippen LogP contribution in [0.1, 0.15) is 19.0 Å². The Morgan fingerprint density at radius 1 is 1.39 bits per heavy atom. The van der Waals surface area contributed by atoms with E-state index in [0.717, 1.165) is 25.1 Å². The largest absolute Gasteiger partial charge is 0.385 e. The molecule has 0 radical (unpaired) electrons. The van der Waals surface area contributed by atoms with Gasteiger partial charge in [0.05, 0.1) is 11.2 Å². The van der Waals surface area contributed by atoms with Crippen LogP contribution in [0, 0.1) is 0 Å². The smallest absolute Gasteiger partial charge is 0.0718 e. The van der Waals surface area contributed by atoms with Gasteiger partial charge in [-0.2, -0.15) is 5.10 Å². The molecule has 18 heavy (non-hydrogen) atoms. The van der Waals surface area contributed by atoms with Crippen molar-refractivity contribution in [3.05, 3.63) is 30.0 Å². The molecule has 1 heterocycles. The maximum Gasteiger partial charge on any atom is 0.0718 e. The molecule has 1 atom stereocenters.